The second-order valence-corrected chi connectivity index (χ2v) is 6.81. The Labute approximate surface area is 125 Å². The normalized spacial score (nSPS) is 18.6. The van der Waals surface area contributed by atoms with Gasteiger partial charge in [0.15, 0.2) is 0 Å². The van der Waals surface area contributed by atoms with E-state index in [1.54, 1.807) is 12.1 Å². The average molecular weight is 356 g/mol. The van der Waals surface area contributed by atoms with E-state index in [1.165, 1.54) is 16.2 Å². The Morgan fingerprint density at radius 1 is 1.55 bits per heavy atom. The topological polar surface area (TPSA) is 86.3 Å². The van der Waals surface area contributed by atoms with Crippen molar-refractivity contribution in [3.05, 3.63) is 38.2 Å². The van der Waals surface area contributed by atoms with Gasteiger partial charge in [0, 0.05) is 6.54 Å². The predicted molar refractivity (Wildman–Crippen MR) is 79.2 cm³/mol. The Balaban J connectivity index is 2.11. The molecule has 1 atom stereocenters. The van der Waals surface area contributed by atoms with Crippen LogP contribution in [0.3, 0.4) is 0 Å². The molecule has 0 spiro atoms. The van der Waals surface area contributed by atoms with Crippen LogP contribution in [0.1, 0.15) is 18.3 Å². The molecule has 0 unspecified atom stereocenters. The van der Waals surface area contributed by atoms with E-state index in [0.29, 0.717) is 29.0 Å². The molecule has 6 nitrogen and oxygen atoms in total. The Kier molecular flexibility index (Phi) is 3.35. The van der Waals surface area contributed by atoms with Gasteiger partial charge >= 0.3 is 6.09 Å². The van der Waals surface area contributed by atoms with Crippen molar-refractivity contribution in [1.29, 1.82) is 0 Å². The van der Waals surface area contributed by atoms with Crippen LogP contribution in [0, 0.1) is 0 Å². The molecule has 0 bridgehead atoms. The van der Waals surface area contributed by atoms with E-state index in [0.717, 1.165) is 3.79 Å². The SMILES string of the molecule is O=C(O)N1CC=CC[C@H]1c1nc2cc(Br)sc2c(=O)[nH]1. The highest BCUT2D eigenvalue weighted by molar-refractivity contribution is 9.11. The molecule has 3 rings (SSSR count). The molecule has 2 aromatic heterocycles. The van der Waals surface area contributed by atoms with E-state index in [-0.39, 0.29) is 5.56 Å². The maximum atomic E-state index is 12.0. The average Bonchev–Trinajstić information content (AvgIpc) is 2.79. The summed E-state index contributed by atoms with van der Waals surface area (Å²) in [6.45, 7) is 0.301. The number of carboxylic acid groups (broad SMARTS) is 1. The Morgan fingerprint density at radius 3 is 3.10 bits per heavy atom. The lowest BCUT2D eigenvalue weighted by Crippen LogP contribution is -2.37. The standard InChI is InChI=1S/C12H10BrN3O3S/c13-8-5-6-9(20-8)11(17)15-10(14-6)7-3-1-2-4-16(7)12(18)19/h1-2,5,7H,3-4H2,(H,18,19)(H,14,15,17)/t7-/m0/s1. The number of hydrogen-bond donors (Lipinski definition) is 2. The molecule has 8 heteroatoms. The van der Waals surface area contributed by atoms with E-state index in [1.807, 2.05) is 6.08 Å². The maximum Gasteiger partial charge on any atom is 0.408 e. The minimum atomic E-state index is -1.02. The van der Waals surface area contributed by atoms with Gasteiger partial charge in [0.1, 0.15) is 10.5 Å². The fourth-order valence-electron chi connectivity index (χ4n) is 2.22. The van der Waals surface area contributed by atoms with Gasteiger partial charge in [0.2, 0.25) is 0 Å². The first kappa shape index (κ1) is 13.3. The lowest BCUT2D eigenvalue weighted by Gasteiger charge is -2.29. The second kappa shape index (κ2) is 5.02. The molecule has 2 aromatic rings. The van der Waals surface area contributed by atoms with E-state index in [9.17, 15) is 14.7 Å². The van der Waals surface area contributed by atoms with Crippen molar-refractivity contribution >= 4 is 43.6 Å². The number of thiophene rings is 1. The minimum Gasteiger partial charge on any atom is -0.465 e. The fourth-order valence-corrected chi connectivity index (χ4v) is 3.65. The highest BCUT2D eigenvalue weighted by Crippen LogP contribution is 2.29. The maximum absolute atomic E-state index is 12.0. The molecule has 0 aliphatic carbocycles. The van der Waals surface area contributed by atoms with Crippen LogP contribution in [0.4, 0.5) is 4.79 Å². The summed E-state index contributed by atoms with van der Waals surface area (Å²) < 4.78 is 1.36. The van der Waals surface area contributed by atoms with Gasteiger partial charge in [-0.15, -0.1) is 11.3 Å². The molecule has 2 N–H and O–H groups in total. The van der Waals surface area contributed by atoms with Crippen molar-refractivity contribution in [1.82, 2.24) is 14.9 Å². The number of aromatic amines is 1. The zero-order chi connectivity index (χ0) is 14.3. The molecular formula is C12H10BrN3O3S. The van der Waals surface area contributed by atoms with Crippen LogP contribution in [0.25, 0.3) is 10.2 Å². The molecular weight excluding hydrogens is 346 g/mol. The third-order valence-electron chi connectivity index (χ3n) is 3.14. The van der Waals surface area contributed by atoms with Crippen molar-refractivity contribution in [2.24, 2.45) is 0 Å². The third kappa shape index (κ3) is 2.25. The molecule has 20 heavy (non-hydrogen) atoms. The van der Waals surface area contributed by atoms with E-state index < -0.39 is 12.1 Å². The first-order chi connectivity index (χ1) is 9.56. The smallest absolute Gasteiger partial charge is 0.408 e. The first-order valence-electron chi connectivity index (χ1n) is 5.90. The Morgan fingerprint density at radius 2 is 2.35 bits per heavy atom. The summed E-state index contributed by atoms with van der Waals surface area (Å²) in [5, 5.41) is 9.22. The number of rotatable bonds is 1. The molecule has 0 aromatic carbocycles. The quantitative estimate of drug-likeness (QED) is 0.770. The number of carbonyl (C=O) groups is 1. The molecule has 1 aliphatic heterocycles. The van der Waals surface area contributed by atoms with E-state index >= 15 is 0 Å². The number of nitrogens with zero attached hydrogens (tertiary/aromatic N) is 2. The zero-order valence-electron chi connectivity index (χ0n) is 10.2. The van der Waals surface area contributed by atoms with Crippen molar-refractivity contribution in [2.75, 3.05) is 6.54 Å². The van der Waals surface area contributed by atoms with Crippen LogP contribution in [-0.2, 0) is 0 Å². The molecule has 0 radical (unpaired) electrons. The van der Waals surface area contributed by atoms with Crippen molar-refractivity contribution < 1.29 is 9.90 Å². The Bertz CT molecular complexity index is 767. The molecule has 104 valence electrons. The van der Waals surface area contributed by atoms with Gasteiger partial charge in [-0.25, -0.2) is 9.78 Å². The van der Waals surface area contributed by atoms with Gasteiger partial charge in [0.25, 0.3) is 5.56 Å². The summed E-state index contributed by atoms with van der Waals surface area (Å²) in [5.41, 5.74) is 0.348. The number of fused-ring (bicyclic) bond motifs is 1. The van der Waals surface area contributed by atoms with Gasteiger partial charge in [-0.3, -0.25) is 9.69 Å². The highest BCUT2D eigenvalue weighted by atomic mass is 79.9. The molecule has 0 saturated heterocycles. The van der Waals surface area contributed by atoms with Crippen LogP contribution in [0.2, 0.25) is 0 Å². The summed E-state index contributed by atoms with van der Waals surface area (Å²) in [7, 11) is 0. The predicted octanol–water partition coefficient (Wildman–Crippen LogP) is 2.73. The molecule has 1 aliphatic rings. The van der Waals surface area contributed by atoms with Gasteiger partial charge < -0.3 is 10.1 Å². The van der Waals surface area contributed by atoms with Crippen molar-refractivity contribution in [3.8, 4) is 0 Å². The zero-order valence-corrected chi connectivity index (χ0v) is 12.6. The first-order valence-corrected chi connectivity index (χ1v) is 7.51. The van der Waals surface area contributed by atoms with Crippen LogP contribution in [0.5, 0.6) is 0 Å². The molecule has 1 amide bonds. The summed E-state index contributed by atoms with van der Waals surface area (Å²) in [6, 6.07) is 1.32. The number of H-pyrrole nitrogens is 1. The van der Waals surface area contributed by atoms with Crippen molar-refractivity contribution in [2.45, 2.75) is 12.5 Å². The molecule has 0 fully saturated rings. The fraction of sp³-hybridized carbons (Fsp3) is 0.250. The van der Waals surface area contributed by atoms with Gasteiger partial charge in [0.05, 0.1) is 15.3 Å². The minimum absolute atomic E-state index is 0.236. The van der Waals surface area contributed by atoms with Gasteiger partial charge in [-0.1, -0.05) is 12.2 Å². The van der Waals surface area contributed by atoms with E-state index in [2.05, 4.69) is 25.9 Å². The largest absolute Gasteiger partial charge is 0.465 e. The molecule has 3 heterocycles. The van der Waals surface area contributed by atoms with Crippen LogP contribution < -0.4 is 5.56 Å². The summed E-state index contributed by atoms with van der Waals surface area (Å²) in [6.07, 6.45) is 3.18. The lowest BCUT2D eigenvalue weighted by atomic mass is 10.1. The Hall–Kier alpha value is -1.67. The van der Waals surface area contributed by atoms with Crippen molar-refractivity contribution in [3.63, 3.8) is 0 Å². The summed E-state index contributed by atoms with van der Waals surface area (Å²) in [5.74, 6) is 0.388. The number of aromatic nitrogens is 2. The lowest BCUT2D eigenvalue weighted by molar-refractivity contribution is 0.126. The number of nitrogens with one attached hydrogen (secondary N) is 1. The summed E-state index contributed by atoms with van der Waals surface area (Å²) in [4.78, 5) is 31.7. The van der Waals surface area contributed by atoms with E-state index in [4.69, 9.17) is 0 Å². The van der Waals surface area contributed by atoms with Crippen LogP contribution in [0.15, 0.2) is 26.8 Å². The summed E-state index contributed by atoms with van der Waals surface area (Å²) >= 11 is 4.63. The van der Waals surface area contributed by atoms with Crippen LogP contribution in [-0.4, -0.2) is 32.6 Å². The van der Waals surface area contributed by atoms with Gasteiger partial charge in [-0.05, 0) is 28.4 Å². The third-order valence-corrected chi connectivity index (χ3v) is 4.76. The number of hydrogen-bond acceptors (Lipinski definition) is 4. The highest BCUT2D eigenvalue weighted by Gasteiger charge is 2.27. The van der Waals surface area contributed by atoms with Crippen LogP contribution >= 0.6 is 27.3 Å². The number of halogens is 1. The molecule has 0 saturated carbocycles. The van der Waals surface area contributed by atoms with Gasteiger partial charge in [-0.2, -0.15) is 0 Å². The second-order valence-electron chi connectivity index (χ2n) is 4.37. The number of amides is 1. The monoisotopic (exact) mass is 355 g/mol.